The van der Waals surface area contributed by atoms with E-state index in [2.05, 4.69) is 6.58 Å². The summed E-state index contributed by atoms with van der Waals surface area (Å²) in [5.41, 5.74) is 5.61. The summed E-state index contributed by atoms with van der Waals surface area (Å²) in [6.07, 6.45) is 3.52. The van der Waals surface area contributed by atoms with Crippen LogP contribution >= 0.6 is 0 Å². The van der Waals surface area contributed by atoms with Crippen molar-refractivity contribution in [3.05, 3.63) is 17.6 Å². The molecule has 2 N–H and O–H groups in total. The van der Waals surface area contributed by atoms with Gasteiger partial charge in [0.2, 0.25) is 6.04 Å². The molecule has 10 heavy (non-hydrogen) atoms. The first kappa shape index (κ1) is 7.41. The molecule has 1 saturated heterocycles. The second-order valence-electron chi connectivity index (χ2n) is 2.66. The van der Waals surface area contributed by atoms with E-state index >= 15 is 0 Å². The quantitative estimate of drug-likeness (QED) is 0.448. The fourth-order valence-electron chi connectivity index (χ4n) is 1.31. The molecule has 3 nitrogen and oxygen atoms in total. The van der Waals surface area contributed by atoms with Gasteiger partial charge in [-0.1, -0.05) is 6.08 Å². The topological polar surface area (TPSA) is 46.1 Å². The van der Waals surface area contributed by atoms with Crippen LogP contribution in [-0.4, -0.2) is 23.4 Å². The van der Waals surface area contributed by atoms with Gasteiger partial charge in [-0.15, -0.1) is 6.58 Å². The van der Waals surface area contributed by atoms with E-state index in [1.54, 1.807) is 6.08 Å². The molecule has 2 atom stereocenters. The molecule has 0 saturated carbocycles. The van der Waals surface area contributed by atoms with Crippen LogP contribution in [0.4, 0.5) is 0 Å². The number of nitrogens with zero attached hydrogens (tertiary/aromatic N) is 1. The molecule has 0 radical (unpaired) electrons. The first-order valence-electron chi connectivity index (χ1n) is 3.57. The first-order chi connectivity index (χ1) is 4.75. The van der Waals surface area contributed by atoms with E-state index in [9.17, 15) is 4.91 Å². The van der Waals surface area contributed by atoms with Crippen LogP contribution in [0, 0.1) is 4.91 Å². The van der Waals surface area contributed by atoms with Gasteiger partial charge in [0.25, 0.3) is 0 Å². The predicted octanol–water partition coefficient (Wildman–Crippen LogP) is 0.441. The van der Waals surface area contributed by atoms with E-state index in [1.807, 2.05) is 0 Å². The Hall–Kier alpha value is -0.700. The van der Waals surface area contributed by atoms with E-state index < -0.39 is 0 Å². The van der Waals surface area contributed by atoms with Crippen LogP contribution in [-0.2, 0) is 0 Å². The van der Waals surface area contributed by atoms with E-state index in [4.69, 9.17) is 5.73 Å². The zero-order valence-corrected chi connectivity index (χ0v) is 5.99. The van der Waals surface area contributed by atoms with Crippen molar-refractivity contribution in [2.75, 3.05) is 6.54 Å². The Bertz CT molecular complexity index is 156. The standard InChI is InChI=1S/C7H13N2O/c1-2-6(8)7-4-3-5-9(7)10/h2,6-7H,1,3-5,8H2/q+1. The molecule has 2 unspecified atom stereocenters. The van der Waals surface area contributed by atoms with E-state index in [1.165, 1.54) is 0 Å². The van der Waals surface area contributed by atoms with Gasteiger partial charge < -0.3 is 5.73 Å². The Morgan fingerprint density at radius 2 is 2.50 bits per heavy atom. The van der Waals surface area contributed by atoms with Crippen molar-refractivity contribution in [3.63, 3.8) is 0 Å². The van der Waals surface area contributed by atoms with Crippen LogP contribution in [0.5, 0.6) is 0 Å². The van der Waals surface area contributed by atoms with Gasteiger partial charge in [0.05, 0.1) is 6.04 Å². The minimum Gasteiger partial charge on any atom is -0.319 e. The van der Waals surface area contributed by atoms with Gasteiger partial charge >= 0.3 is 0 Å². The highest BCUT2D eigenvalue weighted by Gasteiger charge is 2.35. The Balaban J connectivity index is 2.54. The lowest BCUT2D eigenvalue weighted by Gasteiger charge is -2.05. The maximum absolute atomic E-state index is 11.0. The summed E-state index contributed by atoms with van der Waals surface area (Å²) in [5.74, 6) is 0. The largest absolute Gasteiger partial charge is 0.319 e. The minimum absolute atomic E-state index is 0.0162. The lowest BCUT2D eigenvalue weighted by Crippen LogP contribution is -2.36. The average molecular weight is 141 g/mol. The van der Waals surface area contributed by atoms with Crippen LogP contribution in [0.1, 0.15) is 12.8 Å². The lowest BCUT2D eigenvalue weighted by molar-refractivity contribution is -0.565. The van der Waals surface area contributed by atoms with Crippen molar-refractivity contribution >= 4 is 0 Å². The summed E-state index contributed by atoms with van der Waals surface area (Å²) in [6.45, 7) is 4.18. The average Bonchev–Trinajstić information content (AvgIpc) is 2.34. The van der Waals surface area contributed by atoms with Crippen molar-refractivity contribution in [1.29, 1.82) is 0 Å². The molecule has 1 heterocycles. The highest BCUT2D eigenvalue weighted by Crippen LogP contribution is 2.13. The molecular weight excluding hydrogens is 128 g/mol. The van der Waals surface area contributed by atoms with Gasteiger partial charge in [0.1, 0.15) is 0 Å². The summed E-state index contributed by atoms with van der Waals surface area (Å²) < 4.78 is 1.06. The smallest absolute Gasteiger partial charge is 0.219 e. The highest BCUT2D eigenvalue weighted by atomic mass is 16.3. The SMILES string of the molecule is C=CC(N)C1CCC[N+]1=O. The molecule has 0 bridgehead atoms. The maximum atomic E-state index is 11.0. The Morgan fingerprint density at radius 1 is 1.80 bits per heavy atom. The van der Waals surface area contributed by atoms with Crippen LogP contribution in [0.25, 0.3) is 0 Å². The maximum Gasteiger partial charge on any atom is 0.219 e. The van der Waals surface area contributed by atoms with Crippen molar-refractivity contribution in [2.45, 2.75) is 24.9 Å². The summed E-state index contributed by atoms with van der Waals surface area (Å²) in [6, 6.07) is -0.169. The van der Waals surface area contributed by atoms with Crippen molar-refractivity contribution in [2.24, 2.45) is 5.73 Å². The first-order valence-corrected chi connectivity index (χ1v) is 3.57. The van der Waals surface area contributed by atoms with Gasteiger partial charge in [-0.3, -0.25) is 0 Å². The number of nitrogens with two attached hydrogens (primary N) is 1. The zero-order valence-electron chi connectivity index (χ0n) is 5.99. The van der Waals surface area contributed by atoms with Gasteiger partial charge in [-0.25, -0.2) is 0 Å². The fourth-order valence-corrected chi connectivity index (χ4v) is 1.31. The molecule has 0 amide bonds. The van der Waals surface area contributed by atoms with E-state index in [-0.39, 0.29) is 12.1 Å². The third-order valence-electron chi connectivity index (χ3n) is 1.96. The monoisotopic (exact) mass is 141 g/mol. The van der Waals surface area contributed by atoms with Gasteiger partial charge in [-0.05, 0) is 0 Å². The van der Waals surface area contributed by atoms with Gasteiger partial charge in [-0.2, -0.15) is 0 Å². The minimum atomic E-state index is -0.153. The third-order valence-corrected chi connectivity index (χ3v) is 1.96. The molecule has 0 spiro atoms. The molecule has 1 aliphatic rings. The number of nitroso groups, excluding NO2 is 1. The van der Waals surface area contributed by atoms with Gasteiger partial charge in [0.15, 0.2) is 6.54 Å². The van der Waals surface area contributed by atoms with Crippen molar-refractivity contribution in [1.82, 2.24) is 0 Å². The van der Waals surface area contributed by atoms with Crippen LogP contribution in [0.2, 0.25) is 0 Å². The highest BCUT2D eigenvalue weighted by molar-refractivity contribution is 4.89. The molecular formula is C7H13N2O+. The Labute approximate surface area is 60.5 Å². The predicted molar refractivity (Wildman–Crippen MR) is 39.7 cm³/mol. The van der Waals surface area contributed by atoms with Gasteiger partial charge in [0, 0.05) is 22.5 Å². The molecule has 0 aliphatic carbocycles. The molecule has 3 heteroatoms. The van der Waals surface area contributed by atoms with Crippen LogP contribution < -0.4 is 5.73 Å². The molecule has 1 rings (SSSR count). The normalized spacial score (nSPS) is 28.5. The van der Waals surface area contributed by atoms with Crippen LogP contribution in [0.15, 0.2) is 12.7 Å². The number of hydrogen-bond acceptors (Lipinski definition) is 2. The third kappa shape index (κ3) is 1.24. The van der Waals surface area contributed by atoms with Crippen molar-refractivity contribution in [3.8, 4) is 0 Å². The molecule has 56 valence electrons. The van der Waals surface area contributed by atoms with Crippen LogP contribution in [0.3, 0.4) is 0 Å². The number of rotatable bonds is 2. The zero-order chi connectivity index (χ0) is 7.56. The Morgan fingerprint density at radius 3 is 2.90 bits per heavy atom. The number of hydrogen-bond donors (Lipinski definition) is 1. The summed E-state index contributed by atoms with van der Waals surface area (Å²) in [5, 5.41) is 0. The molecule has 1 aliphatic heterocycles. The van der Waals surface area contributed by atoms with E-state index in [0.29, 0.717) is 6.54 Å². The fraction of sp³-hybridized carbons (Fsp3) is 0.714. The second kappa shape index (κ2) is 2.92. The molecule has 0 aromatic heterocycles. The van der Waals surface area contributed by atoms with Crippen molar-refractivity contribution < 1.29 is 4.76 Å². The Kier molecular flexibility index (Phi) is 2.17. The summed E-state index contributed by atoms with van der Waals surface area (Å²) in [4.78, 5) is 11.0. The molecule has 1 fully saturated rings. The van der Waals surface area contributed by atoms with E-state index in [0.717, 1.165) is 17.6 Å². The second-order valence-corrected chi connectivity index (χ2v) is 2.66. The molecule has 0 aromatic rings. The summed E-state index contributed by atoms with van der Waals surface area (Å²) in [7, 11) is 0. The molecule has 0 aromatic carbocycles. The lowest BCUT2D eigenvalue weighted by atomic mass is 10.1. The summed E-state index contributed by atoms with van der Waals surface area (Å²) >= 11 is 0.